The molecule has 0 aliphatic rings. The van der Waals surface area contributed by atoms with Crippen LogP contribution in [-0.2, 0) is 0 Å². The van der Waals surface area contributed by atoms with Crippen LogP contribution in [0.1, 0.15) is 6.92 Å². The maximum Gasteiger partial charge on any atom is 0.192 e. The Hall–Kier alpha value is -2.89. The Morgan fingerprint density at radius 3 is 2.67 bits per heavy atom. The number of para-hydroxylation sites is 1. The van der Waals surface area contributed by atoms with Gasteiger partial charge in [0.05, 0.1) is 17.9 Å². The predicted molar refractivity (Wildman–Crippen MR) is 80.2 cm³/mol. The van der Waals surface area contributed by atoms with Crippen molar-refractivity contribution in [2.24, 2.45) is 0 Å². The summed E-state index contributed by atoms with van der Waals surface area (Å²) in [5, 5.41) is 11.9. The minimum Gasteiger partial charge on any atom is -0.493 e. The van der Waals surface area contributed by atoms with Gasteiger partial charge in [0.2, 0.25) is 0 Å². The lowest BCUT2D eigenvalue weighted by Crippen LogP contribution is -2.04. The Morgan fingerprint density at radius 2 is 1.90 bits per heavy atom. The van der Waals surface area contributed by atoms with Crippen LogP contribution < -0.4 is 10.5 Å². The average molecular weight is 281 g/mol. The SMILES string of the molecule is CCOc1cccc(N)c1-c1nnnn1-c1ccccc1. The van der Waals surface area contributed by atoms with E-state index in [9.17, 15) is 0 Å². The fourth-order valence-corrected chi connectivity index (χ4v) is 2.15. The van der Waals surface area contributed by atoms with Crippen LogP contribution >= 0.6 is 0 Å². The fourth-order valence-electron chi connectivity index (χ4n) is 2.15. The van der Waals surface area contributed by atoms with E-state index in [2.05, 4.69) is 15.5 Å². The normalized spacial score (nSPS) is 10.5. The Bertz CT molecular complexity index is 739. The molecule has 0 atom stereocenters. The monoisotopic (exact) mass is 281 g/mol. The van der Waals surface area contributed by atoms with Crippen molar-refractivity contribution < 1.29 is 4.74 Å². The van der Waals surface area contributed by atoms with E-state index in [1.807, 2.05) is 55.5 Å². The molecule has 6 nitrogen and oxygen atoms in total. The number of anilines is 1. The second-order valence-electron chi connectivity index (χ2n) is 4.40. The number of nitrogens with zero attached hydrogens (tertiary/aromatic N) is 4. The van der Waals surface area contributed by atoms with Crippen molar-refractivity contribution in [3.8, 4) is 22.8 Å². The van der Waals surface area contributed by atoms with Gasteiger partial charge in [-0.15, -0.1) is 5.10 Å². The second kappa shape index (κ2) is 5.62. The molecule has 2 aromatic carbocycles. The highest BCUT2D eigenvalue weighted by molar-refractivity contribution is 5.78. The molecule has 0 bridgehead atoms. The first-order valence-electron chi connectivity index (χ1n) is 6.66. The number of nitrogen functional groups attached to an aromatic ring is 1. The van der Waals surface area contributed by atoms with Crippen LogP contribution in [0.3, 0.4) is 0 Å². The molecular weight excluding hydrogens is 266 g/mol. The molecule has 0 fully saturated rings. The molecule has 3 rings (SSSR count). The molecule has 0 unspecified atom stereocenters. The fraction of sp³-hybridized carbons (Fsp3) is 0.133. The molecule has 106 valence electrons. The van der Waals surface area contributed by atoms with E-state index in [1.54, 1.807) is 4.68 Å². The van der Waals surface area contributed by atoms with Crippen molar-refractivity contribution in [3.63, 3.8) is 0 Å². The van der Waals surface area contributed by atoms with Crippen molar-refractivity contribution in [1.82, 2.24) is 20.2 Å². The lowest BCUT2D eigenvalue weighted by Gasteiger charge is -2.12. The molecule has 0 aliphatic carbocycles. The maximum atomic E-state index is 6.10. The molecule has 21 heavy (non-hydrogen) atoms. The largest absolute Gasteiger partial charge is 0.493 e. The summed E-state index contributed by atoms with van der Waals surface area (Å²) in [5.74, 6) is 1.23. The zero-order valence-electron chi connectivity index (χ0n) is 11.6. The summed E-state index contributed by atoms with van der Waals surface area (Å²) in [6, 6.07) is 15.2. The van der Waals surface area contributed by atoms with Gasteiger partial charge in [0.15, 0.2) is 5.82 Å². The summed E-state index contributed by atoms with van der Waals surface area (Å²) in [5.41, 5.74) is 8.24. The number of benzene rings is 2. The third-order valence-electron chi connectivity index (χ3n) is 3.05. The van der Waals surface area contributed by atoms with Gasteiger partial charge < -0.3 is 10.5 Å². The Balaban J connectivity index is 2.17. The van der Waals surface area contributed by atoms with Gasteiger partial charge in [-0.05, 0) is 41.6 Å². The second-order valence-corrected chi connectivity index (χ2v) is 4.40. The van der Waals surface area contributed by atoms with E-state index in [4.69, 9.17) is 10.5 Å². The summed E-state index contributed by atoms with van der Waals surface area (Å²) in [4.78, 5) is 0. The molecular formula is C15H15N5O. The molecule has 1 aromatic heterocycles. The summed E-state index contributed by atoms with van der Waals surface area (Å²) in [6.45, 7) is 2.47. The zero-order valence-corrected chi connectivity index (χ0v) is 11.6. The third-order valence-corrected chi connectivity index (χ3v) is 3.05. The van der Waals surface area contributed by atoms with Crippen LogP contribution in [0.15, 0.2) is 48.5 Å². The lowest BCUT2D eigenvalue weighted by molar-refractivity contribution is 0.341. The number of tetrazole rings is 1. The number of hydrogen-bond donors (Lipinski definition) is 1. The molecule has 1 heterocycles. The van der Waals surface area contributed by atoms with Gasteiger partial charge in [-0.2, -0.15) is 4.68 Å². The molecule has 2 N–H and O–H groups in total. The summed E-state index contributed by atoms with van der Waals surface area (Å²) in [7, 11) is 0. The minimum absolute atomic E-state index is 0.545. The number of hydrogen-bond acceptors (Lipinski definition) is 5. The van der Waals surface area contributed by atoms with Crippen molar-refractivity contribution >= 4 is 5.69 Å². The van der Waals surface area contributed by atoms with Crippen molar-refractivity contribution in [2.75, 3.05) is 12.3 Å². The minimum atomic E-state index is 0.545. The molecule has 6 heteroatoms. The van der Waals surface area contributed by atoms with Crippen LogP contribution in [0.2, 0.25) is 0 Å². The smallest absolute Gasteiger partial charge is 0.192 e. The summed E-state index contributed by atoms with van der Waals surface area (Å²) >= 11 is 0. The van der Waals surface area contributed by atoms with Crippen LogP contribution in [0.5, 0.6) is 5.75 Å². The van der Waals surface area contributed by atoms with Crippen LogP contribution in [0.25, 0.3) is 17.1 Å². The molecule has 0 aliphatic heterocycles. The summed E-state index contributed by atoms with van der Waals surface area (Å²) < 4.78 is 7.29. The van der Waals surface area contributed by atoms with Gasteiger partial charge in [-0.3, -0.25) is 0 Å². The van der Waals surface area contributed by atoms with Gasteiger partial charge in [0.1, 0.15) is 5.75 Å². The zero-order chi connectivity index (χ0) is 14.7. The van der Waals surface area contributed by atoms with Crippen molar-refractivity contribution in [1.29, 1.82) is 0 Å². The van der Waals surface area contributed by atoms with E-state index in [-0.39, 0.29) is 0 Å². The highest BCUT2D eigenvalue weighted by Crippen LogP contribution is 2.34. The first-order valence-corrected chi connectivity index (χ1v) is 6.66. The molecule has 0 spiro atoms. The highest BCUT2D eigenvalue weighted by atomic mass is 16.5. The van der Waals surface area contributed by atoms with Crippen molar-refractivity contribution in [2.45, 2.75) is 6.92 Å². The Labute approximate surface area is 122 Å². The molecule has 0 saturated carbocycles. The Kier molecular flexibility index (Phi) is 3.51. The first kappa shape index (κ1) is 13.1. The molecule has 0 saturated heterocycles. The van der Waals surface area contributed by atoms with E-state index in [0.717, 1.165) is 5.69 Å². The van der Waals surface area contributed by atoms with Crippen molar-refractivity contribution in [3.05, 3.63) is 48.5 Å². The molecule has 0 amide bonds. The standard InChI is InChI=1S/C15H15N5O/c1-2-21-13-10-6-9-12(16)14(13)15-17-18-19-20(15)11-7-4-3-5-8-11/h3-10H,2,16H2,1H3. The van der Waals surface area contributed by atoms with E-state index >= 15 is 0 Å². The van der Waals surface area contributed by atoms with Crippen LogP contribution in [0.4, 0.5) is 5.69 Å². The topological polar surface area (TPSA) is 78.8 Å². The first-order chi connectivity index (χ1) is 10.3. The van der Waals surface area contributed by atoms with E-state index in [0.29, 0.717) is 29.4 Å². The number of ether oxygens (including phenoxy) is 1. The third kappa shape index (κ3) is 2.43. The van der Waals surface area contributed by atoms with Gasteiger partial charge >= 0.3 is 0 Å². The number of nitrogens with two attached hydrogens (primary N) is 1. The average Bonchev–Trinajstić information content (AvgIpc) is 2.98. The van der Waals surface area contributed by atoms with Crippen LogP contribution in [-0.4, -0.2) is 26.8 Å². The Morgan fingerprint density at radius 1 is 1.10 bits per heavy atom. The molecule has 0 radical (unpaired) electrons. The molecule has 3 aromatic rings. The summed E-state index contributed by atoms with van der Waals surface area (Å²) in [6.07, 6.45) is 0. The highest BCUT2D eigenvalue weighted by Gasteiger charge is 2.18. The number of aromatic nitrogens is 4. The van der Waals surface area contributed by atoms with E-state index < -0.39 is 0 Å². The van der Waals surface area contributed by atoms with Crippen LogP contribution in [0, 0.1) is 0 Å². The number of rotatable bonds is 4. The van der Waals surface area contributed by atoms with Gasteiger partial charge in [0, 0.05) is 5.69 Å². The van der Waals surface area contributed by atoms with Gasteiger partial charge in [0.25, 0.3) is 0 Å². The quantitative estimate of drug-likeness (QED) is 0.742. The maximum absolute atomic E-state index is 6.10. The lowest BCUT2D eigenvalue weighted by atomic mass is 10.1. The van der Waals surface area contributed by atoms with Gasteiger partial charge in [-0.25, -0.2) is 0 Å². The van der Waals surface area contributed by atoms with Gasteiger partial charge in [-0.1, -0.05) is 24.3 Å². The van der Waals surface area contributed by atoms with E-state index in [1.165, 1.54) is 0 Å². The predicted octanol–water partition coefficient (Wildman–Crippen LogP) is 2.31.